The zero-order valence-corrected chi connectivity index (χ0v) is 12.4. The van der Waals surface area contributed by atoms with Gasteiger partial charge in [0.15, 0.2) is 0 Å². The summed E-state index contributed by atoms with van der Waals surface area (Å²) in [4.78, 5) is 1.97. The number of benzene rings is 2. The molecule has 0 radical (unpaired) electrons. The Kier molecular flexibility index (Phi) is 5.37. The summed E-state index contributed by atoms with van der Waals surface area (Å²) >= 11 is 8.50. The Morgan fingerprint density at radius 3 is 1.26 bits per heavy atom. The molecule has 1 N–H and O–H groups in total. The molecule has 2 aromatic carbocycles. The lowest BCUT2D eigenvalue weighted by atomic mass is 9.97. The minimum Gasteiger partial charge on any atom is -0.393 e. The molecule has 1 nitrogen and oxygen atoms in total. The lowest BCUT2D eigenvalue weighted by Gasteiger charge is -2.17. The van der Waals surface area contributed by atoms with Crippen LogP contribution in [-0.4, -0.2) is 11.2 Å². The molecule has 0 aliphatic heterocycles. The Hall–Kier alpha value is -0.900. The molecule has 2 aromatic rings. The van der Waals surface area contributed by atoms with Gasteiger partial charge in [-0.3, -0.25) is 0 Å². The summed E-state index contributed by atoms with van der Waals surface area (Å²) in [5.74, 6) is 0. The van der Waals surface area contributed by atoms with Crippen LogP contribution in [0.4, 0.5) is 0 Å². The minimum absolute atomic E-state index is 0.0648. The molecule has 0 bridgehead atoms. The van der Waals surface area contributed by atoms with Gasteiger partial charge in [-0.1, -0.05) is 24.3 Å². The van der Waals surface area contributed by atoms with E-state index in [2.05, 4.69) is 49.5 Å². The molecule has 0 spiro atoms. The number of aliphatic hydroxyl groups is 1. The SMILES string of the molecule is OC1CCC1.Sc1ccc(-c2ccc(S)cc2)cc1. The number of hydrogen-bond donors (Lipinski definition) is 3. The highest BCUT2D eigenvalue weighted by molar-refractivity contribution is 7.80. The maximum atomic E-state index is 8.45. The van der Waals surface area contributed by atoms with E-state index in [4.69, 9.17) is 5.11 Å². The Labute approximate surface area is 125 Å². The summed E-state index contributed by atoms with van der Waals surface area (Å²) in [6.07, 6.45) is 3.39. The summed E-state index contributed by atoms with van der Waals surface area (Å²) in [6.45, 7) is 0. The van der Waals surface area contributed by atoms with Crippen molar-refractivity contribution in [1.29, 1.82) is 0 Å². The number of thiol groups is 2. The van der Waals surface area contributed by atoms with Gasteiger partial charge in [-0.05, 0) is 54.7 Å². The first kappa shape index (κ1) is 14.5. The molecule has 0 atom stereocenters. The first-order valence-corrected chi connectivity index (χ1v) is 7.31. The van der Waals surface area contributed by atoms with Crippen LogP contribution in [0.2, 0.25) is 0 Å². The van der Waals surface area contributed by atoms with Gasteiger partial charge < -0.3 is 5.11 Å². The molecular formula is C16H18OS2. The fourth-order valence-electron chi connectivity index (χ4n) is 1.69. The van der Waals surface area contributed by atoms with Gasteiger partial charge in [0.25, 0.3) is 0 Å². The van der Waals surface area contributed by atoms with E-state index in [1.54, 1.807) is 0 Å². The zero-order chi connectivity index (χ0) is 13.7. The van der Waals surface area contributed by atoms with Crippen molar-refractivity contribution in [3.63, 3.8) is 0 Å². The number of hydrogen-bond acceptors (Lipinski definition) is 3. The summed E-state index contributed by atoms with van der Waals surface area (Å²) in [7, 11) is 0. The molecule has 1 fully saturated rings. The van der Waals surface area contributed by atoms with Crippen LogP contribution in [0.15, 0.2) is 58.3 Å². The van der Waals surface area contributed by atoms with Crippen molar-refractivity contribution in [2.75, 3.05) is 0 Å². The van der Waals surface area contributed by atoms with Gasteiger partial charge in [-0.15, -0.1) is 25.3 Å². The highest BCUT2D eigenvalue weighted by Gasteiger charge is 2.11. The second kappa shape index (κ2) is 7.04. The van der Waals surface area contributed by atoms with Crippen LogP contribution in [0.5, 0.6) is 0 Å². The fourth-order valence-corrected chi connectivity index (χ4v) is 1.99. The topological polar surface area (TPSA) is 20.2 Å². The predicted molar refractivity (Wildman–Crippen MR) is 86.2 cm³/mol. The molecule has 3 rings (SSSR count). The molecule has 1 aliphatic rings. The molecular weight excluding hydrogens is 272 g/mol. The first-order valence-electron chi connectivity index (χ1n) is 6.41. The molecule has 0 aromatic heterocycles. The zero-order valence-electron chi connectivity index (χ0n) is 10.7. The molecule has 100 valence electrons. The Morgan fingerprint density at radius 2 is 1.05 bits per heavy atom. The number of rotatable bonds is 1. The highest BCUT2D eigenvalue weighted by Crippen LogP contribution is 2.22. The van der Waals surface area contributed by atoms with Gasteiger partial charge in [0, 0.05) is 9.79 Å². The van der Waals surface area contributed by atoms with Gasteiger partial charge in [-0.25, -0.2) is 0 Å². The highest BCUT2D eigenvalue weighted by atomic mass is 32.1. The third kappa shape index (κ3) is 4.60. The summed E-state index contributed by atoms with van der Waals surface area (Å²) in [5, 5.41) is 8.45. The fraction of sp³-hybridized carbons (Fsp3) is 0.250. The van der Waals surface area contributed by atoms with E-state index < -0.39 is 0 Å². The normalized spacial score (nSPS) is 14.3. The van der Waals surface area contributed by atoms with Crippen LogP contribution in [-0.2, 0) is 0 Å². The smallest absolute Gasteiger partial charge is 0.0540 e. The maximum Gasteiger partial charge on any atom is 0.0540 e. The molecule has 1 aliphatic carbocycles. The standard InChI is InChI=1S/C12H10S2.C4H8O/c13-11-5-1-9(2-6-11)10-3-7-12(14)8-4-10;5-4-2-1-3-4/h1-8,13-14H;4-5H,1-3H2. The lowest BCUT2D eigenvalue weighted by Crippen LogP contribution is -2.15. The van der Waals surface area contributed by atoms with Crippen LogP contribution in [0.1, 0.15) is 19.3 Å². The van der Waals surface area contributed by atoms with Crippen molar-refractivity contribution < 1.29 is 5.11 Å². The molecule has 19 heavy (non-hydrogen) atoms. The first-order chi connectivity index (χ1) is 9.15. The van der Waals surface area contributed by atoms with Crippen molar-refractivity contribution in [3.8, 4) is 11.1 Å². The quantitative estimate of drug-likeness (QED) is 0.662. The molecule has 0 saturated heterocycles. The summed E-state index contributed by atoms with van der Waals surface area (Å²) < 4.78 is 0. The Bertz CT molecular complexity index is 458. The molecule has 3 heteroatoms. The van der Waals surface area contributed by atoms with Crippen LogP contribution in [0.3, 0.4) is 0 Å². The Balaban J connectivity index is 0.000000224. The monoisotopic (exact) mass is 290 g/mol. The summed E-state index contributed by atoms with van der Waals surface area (Å²) in [5.41, 5.74) is 2.41. The van der Waals surface area contributed by atoms with E-state index in [9.17, 15) is 0 Å². The van der Waals surface area contributed by atoms with Gasteiger partial charge in [0.1, 0.15) is 0 Å². The van der Waals surface area contributed by atoms with Crippen molar-refractivity contribution in [1.82, 2.24) is 0 Å². The average molecular weight is 290 g/mol. The second-order valence-electron chi connectivity index (χ2n) is 4.68. The number of aliphatic hydroxyl groups excluding tert-OH is 1. The summed E-state index contributed by atoms with van der Waals surface area (Å²) in [6, 6.07) is 16.2. The van der Waals surface area contributed by atoms with Gasteiger partial charge in [0.05, 0.1) is 6.10 Å². The van der Waals surface area contributed by atoms with Crippen molar-refractivity contribution in [2.45, 2.75) is 35.2 Å². The molecule has 0 heterocycles. The predicted octanol–water partition coefficient (Wildman–Crippen LogP) is 4.46. The van der Waals surface area contributed by atoms with E-state index in [-0.39, 0.29) is 6.10 Å². The average Bonchev–Trinajstić information content (AvgIpc) is 2.39. The van der Waals surface area contributed by atoms with Crippen molar-refractivity contribution in [2.24, 2.45) is 0 Å². The van der Waals surface area contributed by atoms with E-state index in [0.717, 1.165) is 22.6 Å². The molecule has 1 saturated carbocycles. The van der Waals surface area contributed by atoms with E-state index >= 15 is 0 Å². The van der Waals surface area contributed by atoms with Crippen LogP contribution in [0, 0.1) is 0 Å². The maximum absolute atomic E-state index is 8.45. The Morgan fingerprint density at radius 1 is 0.737 bits per heavy atom. The lowest BCUT2D eigenvalue weighted by molar-refractivity contribution is 0.0950. The van der Waals surface area contributed by atoms with Crippen molar-refractivity contribution in [3.05, 3.63) is 48.5 Å². The second-order valence-corrected chi connectivity index (χ2v) is 5.71. The minimum atomic E-state index is 0.0648. The van der Waals surface area contributed by atoms with E-state index in [1.807, 2.05) is 24.3 Å². The van der Waals surface area contributed by atoms with Crippen LogP contribution >= 0.6 is 25.3 Å². The largest absolute Gasteiger partial charge is 0.393 e. The molecule has 0 unspecified atom stereocenters. The van der Waals surface area contributed by atoms with Gasteiger partial charge in [0.2, 0.25) is 0 Å². The van der Waals surface area contributed by atoms with Crippen LogP contribution in [0.25, 0.3) is 11.1 Å². The third-order valence-corrected chi connectivity index (χ3v) is 3.74. The van der Waals surface area contributed by atoms with E-state index in [1.165, 1.54) is 17.5 Å². The van der Waals surface area contributed by atoms with Crippen molar-refractivity contribution >= 4 is 25.3 Å². The van der Waals surface area contributed by atoms with Crippen LogP contribution < -0.4 is 0 Å². The van der Waals surface area contributed by atoms with Gasteiger partial charge >= 0.3 is 0 Å². The van der Waals surface area contributed by atoms with E-state index in [0.29, 0.717) is 0 Å². The van der Waals surface area contributed by atoms with Gasteiger partial charge in [-0.2, -0.15) is 0 Å². The third-order valence-electron chi connectivity index (χ3n) is 3.14. The molecule has 0 amide bonds.